The zero-order valence-electron chi connectivity index (χ0n) is 13.8. The molecule has 0 bridgehead atoms. The summed E-state index contributed by atoms with van der Waals surface area (Å²) in [5.41, 5.74) is 3.65. The highest BCUT2D eigenvalue weighted by atomic mass is 16.5. The smallest absolute Gasteiger partial charge is 0.262 e. The summed E-state index contributed by atoms with van der Waals surface area (Å²) in [5.74, 6) is 0.482. The number of carbonyl (C=O) groups is 2. The van der Waals surface area contributed by atoms with Crippen molar-refractivity contribution in [1.82, 2.24) is 0 Å². The Hall–Kier alpha value is -2.82. The van der Waals surface area contributed by atoms with Crippen molar-refractivity contribution in [1.29, 1.82) is 0 Å². The Labute approximate surface area is 141 Å². The van der Waals surface area contributed by atoms with Crippen LogP contribution in [0, 0.1) is 6.92 Å². The van der Waals surface area contributed by atoms with Gasteiger partial charge in [0, 0.05) is 24.8 Å². The highest BCUT2D eigenvalue weighted by Gasteiger charge is 2.22. The SMILES string of the molecule is CC(=O)N1CCc2ccc(NC(=O)COc3ccccc3C)cc21. The third-order valence-electron chi connectivity index (χ3n) is 4.10. The van der Waals surface area contributed by atoms with Gasteiger partial charge in [-0.25, -0.2) is 0 Å². The second-order valence-electron chi connectivity index (χ2n) is 5.87. The number of aryl methyl sites for hydroxylation is 1. The van der Waals surface area contributed by atoms with Crippen molar-refractivity contribution in [2.45, 2.75) is 20.3 Å². The van der Waals surface area contributed by atoms with Crippen LogP contribution in [0.2, 0.25) is 0 Å². The number of rotatable bonds is 4. The number of amides is 2. The Bertz CT molecular complexity index is 786. The van der Waals surface area contributed by atoms with Crippen molar-refractivity contribution >= 4 is 23.2 Å². The molecule has 1 aliphatic rings. The Balaban J connectivity index is 1.64. The number of hydrogen-bond acceptors (Lipinski definition) is 3. The molecule has 0 aliphatic carbocycles. The largest absolute Gasteiger partial charge is 0.483 e. The van der Waals surface area contributed by atoms with Crippen LogP contribution in [0.15, 0.2) is 42.5 Å². The van der Waals surface area contributed by atoms with Gasteiger partial charge in [-0.05, 0) is 42.7 Å². The fourth-order valence-electron chi connectivity index (χ4n) is 2.84. The van der Waals surface area contributed by atoms with E-state index in [2.05, 4.69) is 5.32 Å². The summed E-state index contributed by atoms with van der Waals surface area (Å²) < 4.78 is 5.55. The van der Waals surface area contributed by atoms with Crippen LogP contribution >= 0.6 is 0 Å². The molecule has 124 valence electrons. The molecule has 0 unspecified atom stereocenters. The van der Waals surface area contributed by atoms with Crippen molar-refractivity contribution in [3.8, 4) is 5.75 Å². The summed E-state index contributed by atoms with van der Waals surface area (Å²) in [5, 5.41) is 2.82. The summed E-state index contributed by atoms with van der Waals surface area (Å²) >= 11 is 0. The lowest BCUT2D eigenvalue weighted by molar-refractivity contribution is -0.118. The molecule has 3 rings (SSSR count). The molecule has 0 aromatic heterocycles. The van der Waals surface area contributed by atoms with Crippen LogP contribution in [0.25, 0.3) is 0 Å². The van der Waals surface area contributed by atoms with Gasteiger partial charge in [-0.3, -0.25) is 9.59 Å². The van der Waals surface area contributed by atoms with E-state index < -0.39 is 0 Å². The first-order chi connectivity index (χ1) is 11.5. The molecule has 24 heavy (non-hydrogen) atoms. The number of benzene rings is 2. The number of hydrogen-bond donors (Lipinski definition) is 1. The van der Waals surface area contributed by atoms with Crippen molar-refractivity contribution in [3.63, 3.8) is 0 Å². The first-order valence-electron chi connectivity index (χ1n) is 7.94. The van der Waals surface area contributed by atoms with Crippen LogP contribution in [0.1, 0.15) is 18.1 Å². The molecular formula is C19H20N2O3. The molecule has 2 aromatic rings. The monoisotopic (exact) mass is 324 g/mol. The fourth-order valence-corrected chi connectivity index (χ4v) is 2.84. The highest BCUT2D eigenvalue weighted by molar-refractivity contribution is 5.96. The van der Waals surface area contributed by atoms with Crippen molar-refractivity contribution in [2.75, 3.05) is 23.4 Å². The Kier molecular flexibility index (Phi) is 4.51. The van der Waals surface area contributed by atoms with Crippen LogP contribution in [0.3, 0.4) is 0 Å². The van der Waals surface area contributed by atoms with Crippen LogP contribution in [-0.4, -0.2) is 25.0 Å². The minimum absolute atomic E-state index is 0.0140. The predicted octanol–water partition coefficient (Wildman–Crippen LogP) is 2.92. The molecule has 0 radical (unpaired) electrons. The summed E-state index contributed by atoms with van der Waals surface area (Å²) in [6.45, 7) is 4.12. The zero-order valence-corrected chi connectivity index (χ0v) is 13.8. The lowest BCUT2D eigenvalue weighted by Gasteiger charge is -2.16. The van der Waals surface area contributed by atoms with Gasteiger partial charge in [0.15, 0.2) is 6.61 Å². The number of carbonyl (C=O) groups excluding carboxylic acids is 2. The Morgan fingerprint density at radius 3 is 2.75 bits per heavy atom. The lowest BCUT2D eigenvalue weighted by Crippen LogP contribution is -2.26. The minimum Gasteiger partial charge on any atom is -0.483 e. The lowest BCUT2D eigenvalue weighted by atomic mass is 10.1. The van der Waals surface area contributed by atoms with E-state index >= 15 is 0 Å². The van der Waals surface area contributed by atoms with Gasteiger partial charge in [0.25, 0.3) is 5.91 Å². The van der Waals surface area contributed by atoms with Gasteiger partial charge in [0.1, 0.15) is 5.75 Å². The van der Waals surface area contributed by atoms with Crippen molar-refractivity contribution in [2.24, 2.45) is 0 Å². The van der Waals surface area contributed by atoms with Gasteiger partial charge in [-0.15, -0.1) is 0 Å². The van der Waals surface area contributed by atoms with Gasteiger partial charge in [-0.1, -0.05) is 24.3 Å². The van der Waals surface area contributed by atoms with E-state index in [0.29, 0.717) is 18.0 Å². The average Bonchev–Trinajstić information content (AvgIpc) is 2.97. The maximum absolute atomic E-state index is 12.1. The Morgan fingerprint density at radius 2 is 2.00 bits per heavy atom. The first kappa shape index (κ1) is 16.1. The number of anilines is 2. The van der Waals surface area contributed by atoms with E-state index in [0.717, 1.165) is 23.2 Å². The molecular weight excluding hydrogens is 304 g/mol. The zero-order chi connectivity index (χ0) is 17.1. The molecule has 0 spiro atoms. The maximum atomic E-state index is 12.1. The molecule has 1 heterocycles. The third kappa shape index (κ3) is 3.40. The van der Waals surface area contributed by atoms with E-state index in [4.69, 9.17) is 4.74 Å². The van der Waals surface area contributed by atoms with Crippen LogP contribution < -0.4 is 15.0 Å². The van der Waals surface area contributed by atoms with Gasteiger partial charge >= 0.3 is 0 Å². The molecule has 2 aromatic carbocycles. The molecule has 1 N–H and O–H groups in total. The molecule has 0 atom stereocenters. The van der Waals surface area contributed by atoms with E-state index in [1.165, 1.54) is 0 Å². The van der Waals surface area contributed by atoms with Crippen LogP contribution in [0.5, 0.6) is 5.75 Å². The molecule has 5 heteroatoms. The summed E-state index contributed by atoms with van der Waals surface area (Å²) in [7, 11) is 0. The topological polar surface area (TPSA) is 58.6 Å². The minimum atomic E-state index is -0.231. The van der Waals surface area contributed by atoms with Crippen LogP contribution in [0.4, 0.5) is 11.4 Å². The Morgan fingerprint density at radius 1 is 1.21 bits per heavy atom. The third-order valence-corrected chi connectivity index (χ3v) is 4.10. The van der Waals surface area contributed by atoms with E-state index in [1.807, 2.05) is 49.4 Å². The molecule has 0 fully saturated rings. The standard InChI is InChI=1S/C19H20N2O3/c1-13-5-3-4-6-18(13)24-12-19(23)20-16-8-7-15-9-10-21(14(2)22)17(15)11-16/h3-8,11H,9-10,12H2,1-2H3,(H,20,23). The molecule has 5 nitrogen and oxygen atoms in total. The molecule has 1 aliphatic heterocycles. The normalized spacial score (nSPS) is 12.7. The molecule has 2 amide bonds. The number of nitrogens with one attached hydrogen (secondary N) is 1. The number of nitrogens with zero attached hydrogens (tertiary/aromatic N) is 1. The van der Waals surface area contributed by atoms with E-state index in [9.17, 15) is 9.59 Å². The maximum Gasteiger partial charge on any atom is 0.262 e. The quantitative estimate of drug-likeness (QED) is 0.941. The fraction of sp³-hybridized carbons (Fsp3) is 0.263. The van der Waals surface area contributed by atoms with E-state index in [-0.39, 0.29) is 18.4 Å². The van der Waals surface area contributed by atoms with Crippen LogP contribution in [-0.2, 0) is 16.0 Å². The number of fused-ring (bicyclic) bond motifs is 1. The second-order valence-corrected chi connectivity index (χ2v) is 5.87. The molecule has 0 saturated heterocycles. The second kappa shape index (κ2) is 6.74. The summed E-state index contributed by atoms with van der Waals surface area (Å²) in [4.78, 5) is 25.5. The number of para-hydroxylation sites is 1. The molecule has 0 saturated carbocycles. The first-order valence-corrected chi connectivity index (χ1v) is 7.94. The van der Waals surface area contributed by atoms with Gasteiger partial charge in [-0.2, -0.15) is 0 Å². The van der Waals surface area contributed by atoms with Crippen molar-refractivity contribution < 1.29 is 14.3 Å². The highest BCUT2D eigenvalue weighted by Crippen LogP contribution is 2.30. The summed E-state index contributed by atoms with van der Waals surface area (Å²) in [6.07, 6.45) is 0.847. The van der Waals surface area contributed by atoms with Crippen molar-refractivity contribution in [3.05, 3.63) is 53.6 Å². The summed E-state index contributed by atoms with van der Waals surface area (Å²) in [6, 6.07) is 13.2. The number of ether oxygens (including phenoxy) is 1. The predicted molar refractivity (Wildman–Crippen MR) is 93.5 cm³/mol. The van der Waals surface area contributed by atoms with Gasteiger partial charge in [0.2, 0.25) is 5.91 Å². The average molecular weight is 324 g/mol. The van der Waals surface area contributed by atoms with Gasteiger partial charge < -0.3 is 15.0 Å². The van der Waals surface area contributed by atoms with E-state index in [1.54, 1.807) is 11.8 Å². The van der Waals surface area contributed by atoms with Gasteiger partial charge in [0.05, 0.1) is 0 Å².